The molecular formula is C9H16ClN3O4. The van der Waals surface area contributed by atoms with Gasteiger partial charge in [-0.2, -0.15) is 4.98 Å². The average molecular weight is 266 g/mol. The lowest BCUT2D eigenvalue weighted by Gasteiger charge is -2.11. The van der Waals surface area contributed by atoms with Crippen molar-refractivity contribution in [3.05, 3.63) is 6.07 Å². The zero-order chi connectivity index (χ0) is 12.0. The lowest BCUT2D eigenvalue weighted by atomic mass is 10.3. The molecule has 0 fully saturated rings. The molecule has 1 aromatic heterocycles. The number of rotatable bonds is 6. The van der Waals surface area contributed by atoms with Crippen LogP contribution < -0.4 is 20.9 Å². The maximum atomic E-state index is 8.60. The van der Waals surface area contributed by atoms with E-state index < -0.39 is 0 Å². The monoisotopic (exact) mass is 265 g/mol. The highest BCUT2D eigenvalue weighted by atomic mass is 35.5. The van der Waals surface area contributed by atoms with Crippen molar-refractivity contribution in [2.45, 2.75) is 0 Å². The lowest BCUT2D eigenvalue weighted by Crippen LogP contribution is -2.10. The van der Waals surface area contributed by atoms with Gasteiger partial charge in [0, 0.05) is 0 Å². The minimum absolute atomic E-state index is 0. The summed E-state index contributed by atoms with van der Waals surface area (Å²) in [5, 5.41) is 17.2. The first kappa shape index (κ1) is 15.6. The molecule has 0 atom stereocenters. The molecule has 8 heteroatoms. The summed E-state index contributed by atoms with van der Waals surface area (Å²) in [6.45, 7) is -0.113. The van der Waals surface area contributed by atoms with Crippen molar-refractivity contribution in [1.82, 2.24) is 4.98 Å². The maximum Gasteiger partial charge on any atom is 0.240 e. The molecule has 0 aliphatic heterocycles. The molecule has 17 heavy (non-hydrogen) atoms. The molecule has 0 aliphatic carbocycles. The fourth-order valence-electron chi connectivity index (χ4n) is 1.03. The summed E-state index contributed by atoms with van der Waals surface area (Å²) >= 11 is 0. The highest BCUT2D eigenvalue weighted by molar-refractivity contribution is 5.85. The third-order valence-electron chi connectivity index (χ3n) is 1.67. The Morgan fingerprint density at radius 1 is 1.00 bits per heavy atom. The van der Waals surface area contributed by atoms with Crippen LogP contribution in [-0.2, 0) is 0 Å². The van der Waals surface area contributed by atoms with Gasteiger partial charge in [0.15, 0.2) is 0 Å². The minimum Gasteiger partial charge on any atom is -0.474 e. The zero-order valence-corrected chi connectivity index (χ0v) is 9.94. The Morgan fingerprint density at radius 3 is 1.76 bits per heavy atom. The van der Waals surface area contributed by atoms with Crippen molar-refractivity contribution in [2.24, 2.45) is 0 Å². The Balaban J connectivity index is 0.00000256. The van der Waals surface area contributed by atoms with E-state index in [0.717, 1.165) is 0 Å². The number of hydrogen-bond acceptors (Lipinski definition) is 7. The lowest BCUT2D eigenvalue weighted by molar-refractivity contribution is 0.186. The number of halogens is 1. The van der Waals surface area contributed by atoms with E-state index in [4.69, 9.17) is 31.2 Å². The first-order valence-corrected chi connectivity index (χ1v) is 4.72. The predicted octanol–water partition coefficient (Wildman–Crippen LogP) is -0.590. The number of anilines is 2. The summed E-state index contributed by atoms with van der Waals surface area (Å²) in [4.78, 5) is 3.93. The Hall–Kier alpha value is -1.44. The molecule has 0 saturated heterocycles. The van der Waals surface area contributed by atoms with Crippen LogP contribution in [0.2, 0.25) is 0 Å². The molecule has 0 saturated carbocycles. The minimum atomic E-state index is -0.141. The summed E-state index contributed by atoms with van der Waals surface area (Å²) in [6, 6.07) is 1.45. The second-order valence-corrected chi connectivity index (χ2v) is 2.92. The van der Waals surface area contributed by atoms with Crippen molar-refractivity contribution < 1.29 is 19.7 Å². The maximum absolute atomic E-state index is 8.60. The largest absolute Gasteiger partial charge is 0.474 e. The van der Waals surface area contributed by atoms with Gasteiger partial charge >= 0.3 is 0 Å². The van der Waals surface area contributed by atoms with Crippen LogP contribution in [0.5, 0.6) is 11.8 Å². The standard InChI is InChI=1S/C9H15N3O4.ClH/c10-6-5-7(11)9(16-4-2-14)12-8(6)15-3-1-13;/h5,13-14H,1-4,10-11H2;1H. The second-order valence-electron chi connectivity index (χ2n) is 2.92. The molecule has 0 amide bonds. The van der Waals surface area contributed by atoms with Crippen LogP contribution >= 0.6 is 12.4 Å². The number of aliphatic hydroxyl groups is 2. The molecule has 1 aromatic rings. The van der Waals surface area contributed by atoms with Crippen LogP contribution in [0.15, 0.2) is 6.07 Å². The fraction of sp³-hybridized carbons (Fsp3) is 0.444. The number of nitrogens with zero attached hydrogens (tertiary/aromatic N) is 1. The number of hydrogen-bond donors (Lipinski definition) is 4. The van der Waals surface area contributed by atoms with E-state index in [-0.39, 0.29) is 62.0 Å². The van der Waals surface area contributed by atoms with Gasteiger partial charge in [-0.3, -0.25) is 0 Å². The van der Waals surface area contributed by atoms with Crippen LogP contribution in [-0.4, -0.2) is 41.6 Å². The quantitative estimate of drug-likeness (QED) is 0.542. The Kier molecular flexibility index (Phi) is 7.11. The molecule has 98 valence electrons. The van der Waals surface area contributed by atoms with Crippen molar-refractivity contribution in [3.8, 4) is 11.8 Å². The molecule has 7 nitrogen and oxygen atoms in total. The smallest absolute Gasteiger partial charge is 0.240 e. The van der Waals surface area contributed by atoms with E-state index in [9.17, 15) is 0 Å². The first-order chi connectivity index (χ1) is 7.69. The van der Waals surface area contributed by atoms with Gasteiger partial charge in [0.2, 0.25) is 11.8 Å². The van der Waals surface area contributed by atoms with E-state index in [2.05, 4.69) is 4.98 Å². The number of ether oxygens (including phenoxy) is 2. The van der Waals surface area contributed by atoms with Crippen LogP contribution in [0.1, 0.15) is 0 Å². The summed E-state index contributed by atoms with van der Waals surface area (Å²) in [5.41, 5.74) is 11.7. The highest BCUT2D eigenvalue weighted by Crippen LogP contribution is 2.28. The molecule has 0 aliphatic rings. The topological polar surface area (TPSA) is 124 Å². The van der Waals surface area contributed by atoms with E-state index >= 15 is 0 Å². The van der Waals surface area contributed by atoms with Gasteiger partial charge in [0.05, 0.1) is 24.6 Å². The van der Waals surface area contributed by atoms with Crippen LogP contribution in [0.4, 0.5) is 11.4 Å². The summed E-state index contributed by atoms with van der Waals surface area (Å²) in [6.07, 6.45) is 0. The molecule has 0 aromatic carbocycles. The van der Waals surface area contributed by atoms with Crippen LogP contribution in [0, 0.1) is 0 Å². The molecule has 0 unspecified atom stereocenters. The van der Waals surface area contributed by atoms with Gasteiger partial charge in [0.25, 0.3) is 0 Å². The van der Waals surface area contributed by atoms with Gasteiger partial charge in [-0.15, -0.1) is 12.4 Å². The van der Waals surface area contributed by atoms with Gasteiger partial charge < -0.3 is 31.2 Å². The zero-order valence-electron chi connectivity index (χ0n) is 9.13. The molecule has 0 spiro atoms. The Bertz CT molecular complexity index is 322. The van der Waals surface area contributed by atoms with Gasteiger partial charge in [-0.05, 0) is 6.07 Å². The molecule has 0 bridgehead atoms. The van der Waals surface area contributed by atoms with E-state index in [1.807, 2.05) is 0 Å². The summed E-state index contributed by atoms with van der Waals surface area (Å²) < 4.78 is 10.2. The Morgan fingerprint density at radius 2 is 1.41 bits per heavy atom. The number of nitrogens with two attached hydrogens (primary N) is 2. The highest BCUT2D eigenvalue weighted by Gasteiger charge is 2.09. The second kappa shape index (κ2) is 7.77. The molecule has 1 heterocycles. The van der Waals surface area contributed by atoms with E-state index in [1.54, 1.807) is 0 Å². The fourth-order valence-corrected chi connectivity index (χ4v) is 1.03. The number of pyridine rings is 1. The Labute approximate surface area is 105 Å². The molecular weight excluding hydrogens is 250 g/mol. The third kappa shape index (κ3) is 4.51. The summed E-state index contributed by atoms with van der Waals surface area (Å²) in [7, 11) is 0. The van der Waals surface area contributed by atoms with Crippen molar-refractivity contribution in [1.29, 1.82) is 0 Å². The predicted molar refractivity (Wildman–Crippen MR) is 65.5 cm³/mol. The molecule has 6 N–H and O–H groups in total. The van der Waals surface area contributed by atoms with Crippen LogP contribution in [0.25, 0.3) is 0 Å². The van der Waals surface area contributed by atoms with Crippen molar-refractivity contribution in [3.63, 3.8) is 0 Å². The summed E-state index contributed by atoms with van der Waals surface area (Å²) in [5.74, 6) is 0.298. The van der Waals surface area contributed by atoms with Crippen molar-refractivity contribution in [2.75, 3.05) is 37.9 Å². The normalized spacial score (nSPS) is 9.53. The van der Waals surface area contributed by atoms with Gasteiger partial charge in [0.1, 0.15) is 13.2 Å². The van der Waals surface area contributed by atoms with E-state index in [1.165, 1.54) is 6.07 Å². The number of nitrogen functional groups attached to an aromatic ring is 2. The SMILES string of the molecule is Cl.Nc1cc(N)c(OCCO)nc1OCCO. The number of aromatic nitrogens is 1. The van der Waals surface area contributed by atoms with Gasteiger partial charge in [-0.25, -0.2) is 0 Å². The third-order valence-corrected chi connectivity index (χ3v) is 1.67. The van der Waals surface area contributed by atoms with Crippen LogP contribution in [0.3, 0.4) is 0 Å². The average Bonchev–Trinajstić information content (AvgIpc) is 2.26. The molecule has 0 radical (unpaired) electrons. The van der Waals surface area contributed by atoms with E-state index in [0.29, 0.717) is 0 Å². The number of aliphatic hydroxyl groups excluding tert-OH is 2. The van der Waals surface area contributed by atoms with Gasteiger partial charge in [-0.1, -0.05) is 0 Å². The first-order valence-electron chi connectivity index (χ1n) is 4.72. The molecule has 1 rings (SSSR count). The van der Waals surface area contributed by atoms with Crippen molar-refractivity contribution >= 4 is 23.8 Å².